The Kier molecular flexibility index (Phi) is 7.60. The van der Waals surface area contributed by atoms with Gasteiger partial charge >= 0.3 is 0 Å². The van der Waals surface area contributed by atoms with Gasteiger partial charge in [-0.3, -0.25) is 24.1 Å². The largest absolute Gasteiger partial charge is 0.508 e. The van der Waals surface area contributed by atoms with Crippen LogP contribution < -0.4 is 4.90 Å². The number of likely N-dealkylation sites (tertiary alicyclic amines) is 1. The number of nitrogens with zero attached hydrogens (tertiary/aromatic N) is 2. The summed E-state index contributed by atoms with van der Waals surface area (Å²) in [5.74, 6) is -21.8. The number of benzene rings is 3. The van der Waals surface area contributed by atoms with Crippen molar-refractivity contribution in [1.82, 2.24) is 4.90 Å². The van der Waals surface area contributed by atoms with Gasteiger partial charge in [0.15, 0.2) is 33.0 Å². The van der Waals surface area contributed by atoms with Crippen LogP contribution >= 0.6 is 23.2 Å². The number of fused-ring (bicyclic) bond motifs is 4. The third-order valence-corrected chi connectivity index (χ3v) is 11.5. The van der Waals surface area contributed by atoms with E-state index in [2.05, 4.69) is 0 Å². The molecule has 4 aliphatic rings. The second-order valence-electron chi connectivity index (χ2n) is 12.5. The standard InChI is InChI=1S/C34H23Cl2F5N2O6/c35-33-13-19-16(9-10-18-21(19)30(47)42(29(18)46)12-11-14-5-7-15(44)8-6-14)22(17-3-1-2-4-20(17)45)34(33,36)32(49)43(31(33)48)28-26(40)24(38)23(37)25(39)27(28)41/h1-9,18-19,21-22,44-45H,10-13H2. The van der Waals surface area contributed by atoms with Gasteiger partial charge in [-0.15, -0.1) is 23.2 Å². The highest BCUT2D eigenvalue weighted by molar-refractivity contribution is 6.58. The molecule has 7 rings (SSSR count). The Hall–Kier alpha value is -4.49. The van der Waals surface area contributed by atoms with Gasteiger partial charge in [0, 0.05) is 18.0 Å². The van der Waals surface area contributed by atoms with Crippen LogP contribution in [-0.4, -0.2) is 55.0 Å². The number of carbonyl (C=O) groups excluding carboxylic acids is 4. The molecule has 2 saturated heterocycles. The SMILES string of the molecule is O=C1C2CC=C3C(CC4(Cl)C(=O)N(c5c(F)c(F)c(F)c(F)c5F)C(=O)C4(Cl)C3c3ccccc3O)C2C(=O)N1CCc1ccc(O)cc1. The minimum Gasteiger partial charge on any atom is -0.508 e. The molecule has 6 unspecified atom stereocenters. The van der Waals surface area contributed by atoms with Crippen molar-refractivity contribution in [2.45, 2.75) is 34.9 Å². The fourth-order valence-corrected chi connectivity index (χ4v) is 8.76. The fraction of sp³-hybridized carbons (Fsp3) is 0.294. The molecule has 6 atom stereocenters. The number of hydrogen-bond acceptors (Lipinski definition) is 6. The van der Waals surface area contributed by atoms with Crippen LogP contribution in [0.3, 0.4) is 0 Å². The molecule has 3 aromatic carbocycles. The monoisotopic (exact) mass is 720 g/mol. The highest BCUT2D eigenvalue weighted by Crippen LogP contribution is 2.66. The lowest BCUT2D eigenvalue weighted by Gasteiger charge is -2.50. The summed E-state index contributed by atoms with van der Waals surface area (Å²) in [6.45, 7) is -0.0305. The number of phenolic OH excluding ortho intramolecular Hbond substituents is 2. The number of halogens is 7. The van der Waals surface area contributed by atoms with Gasteiger partial charge in [0.25, 0.3) is 11.8 Å². The highest BCUT2D eigenvalue weighted by atomic mass is 35.5. The zero-order valence-corrected chi connectivity index (χ0v) is 26.4. The molecular weight excluding hydrogens is 698 g/mol. The second kappa shape index (κ2) is 11.3. The van der Waals surface area contributed by atoms with E-state index >= 15 is 8.78 Å². The van der Waals surface area contributed by atoms with Crippen LogP contribution in [0.2, 0.25) is 0 Å². The number of carbonyl (C=O) groups is 4. The van der Waals surface area contributed by atoms with E-state index < -0.39 is 104 Å². The maximum absolute atomic E-state index is 15.1. The lowest BCUT2D eigenvalue weighted by molar-refractivity contribution is -0.140. The number of hydrogen-bond donors (Lipinski definition) is 2. The van der Waals surface area contributed by atoms with E-state index in [1.54, 1.807) is 18.2 Å². The first-order valence-electron chi connectivity index (χ1n) is 15.0. The molecule has 49 heavy (non-hydrogen) atoms. The van der Waals surface area contributed by atoms with Gasteiger partial charge in [0.2, 0.25) is 17.6 Å². The molecule has 2 N–H and O–H groups in total. The van der Waals surface area contributed by atoms with Gasteiger partial charge in [0.1, 0.15) is 17.2 Å². The summed E-state index contributed by atoms with van der Waals surface area (Å²) in [7, 11) is 0. The van der Waals surface area contributed by atoms with Crippen molar-refractivity contribution in [2.75, 3.05) is 11.4 Å². The molecule has 3 aromatic rings. The Bertz CT molecular complexity index is 2000. The van der Waals surface area contributed by atoms with E-state index in [4.69, 9.17) is 23.2 Å². The summed E-state index contributed by atoms with van der Waals surface area (Å²) in [4.78, 5) is 51.5. The van der Waals surface area contributed by atoms with Gasteiger partial charge in [0.05, 0.1) is 11.8 Å². The smallest absolute Gasteiger partial charge is 0.258 e. The number of alkyl halides is 2. The van der Waals surface area contributed by atoms with Crippen molar-refractivity contribution < 1.29 is 51.3 Å². The molecule has 3 fully saturated rings. The summed E-state index contributed by atoms with van der Waals surface area (Å²) in [5, 5.41) is 20.6. The first-order chi connectivity index (χ1) is 23.1. The van der Waals surface area contributed by atoms with Crippen LogP contribution in [0.5, 0.6) is 11.5 Å². The van der Waals surface area contributed by atoms with Crippen molar-refractivity contribution in [3.05, 3.63) is 100 Å². The van der Waals surface area contributed by atoms with Crippen LogP contribution in [0.25, 0.3) is 0 Å². The van der Waals surface area contributed by atoms with Crippen molar-refractivity contribution in [3.63, 3.8) is 0 Å². The van der Waals surface area contributed by atoms with Gasteiger partial charge in [-0.2, -0.15) is 0 Å². The highest BCUT2D eigenvalue weighted by Gasteiger charge is 2.77. The number of aromatic hydroxyl groups is 2. The van der Waals surface area contributed by atoms with E-state index in [0.29, 0.717) is 0 Å². The van der Waals surface area contributed by atoms with Crippen molar-refractivity contribution >= 4 is 52.5 Å². The van der Waals surface area contributed by atoms with Gasteiger partial charge in [-0.25, -0.2) is 26.9 Å². The first-order valence-corrected chi connectivity index (χ1v) is 15.8. The minimum atomic E-state index is -2.72. The van der Waals surface area contributed by atoms with Crippen molar-refractivity contribution in [2.24, 2.45) is 17.8 Å². The van der Waals surface area contributed by atoms with Crippen LogP contribution in [0, 0.1) is 46.8 Å². The van der Waals surface area contributed by atoms with Crippen molar-refractivity contribution in [3.8, 4) is 11.5 Å². The summed E-state index contributed by atoms with van der Waals surface area (Å²) in [6, 6.07) is 11.6. The number of imide groups is 2. The first kappa shape index (κ1) is 33.0. The Morgan fingerprint density at radius 2 is 1.39 bits per heavy atom. The van der Waals surface area contributed by atoms with E-state index in [1.807, 2.05) is 0 Å². The molecule has 0 radical (unpaired) electrons. The van der Waals surface area contributed by atoms with E-state index in [9.17, 15) is 42.6 Å². The molecule has 4 amide bonds. The van der Waals surface area contributed by atoms with E-state index in [0.717, 1.165) is 10.5 Å². The lowest BCUT2D eigenvalue weighted by atomic mass is 9.56. The maximum atomic E-state index is 15.1. The number of amides is 4. The molecule has 0 bridgehead atoms. The van der Waals surface area contributed by atoms with Gasteiger partial charge in [-0.05, 0) is 48.9 Å². The summed E-state index contributed by atoms with van der Waals surface area (Å²) in [6.07, 6.45) is 1.14. The van der Waals surface area contributed by atoms with Crippen LogP contribution in [0.15, 0.2) is 60.2 Å². The molecule has 1 saturated carbocycles. The molecule has 15 heteroatoms. The van der Waals surface area contributed by atoms with Crippen LogP contribution in [0.4, 0.5) is 27.6 Å². The zero-order valence-electron chi connectivity index (χ0n) is 24.9. The molecule has 2 aliphatic carbocycles. The summed E-state index contributed by atoms with van der Waals surface area (Å²) >= 11 is 14.1. The van der Waals surface area contributed by atoms with Crippen LogP contribution in [0.1, 0.15) is 29.9 Å². The zero-order chi connectivity index (χ0) is 35.3. The molecule has 254 valence electrons. The third kappa shape index (κ3) is 4.40. The topological polar surface area (TPSA) is 115 Å². The average Bonchev–Trinajstić information content (AvgIpc) is 3.41. The lowest BCUT2D eigenvalue weighted by Crippen LogP contribution is -2.60. The maximum Gasteiger partial charge on any atom is 0.258 e. The number of rotatable bonds is 5. The molecular formula is C34H23Cl2F5N2O6. The van der Waals surface area contributed by atoms with Gasteiger partial charge < -0.3 is 10.2 Å². The predicted octanol–water partition coefficient (Wildman–Crippen LogP) is 5.60. The summed E-state index contributed by atoms with van der Waals surface area (Å²) in [5.41, 5.74) is -0.993. The van der Waals surface area contributed by atoms with E-state index in [1.165, 1.54) is 36.4 Å². The third-order valence-electron chi connectivity index (χ3n) is 10.1. The summed E-state index contributed by atoms with van der Waals surface area (Å²) < 4.78 is 72.9. The average molecular weight is 721 g/mol. The molecule has 0 spiro atoms. The normalized spacial score (nSPS) is 29.2. The van der Waals surface area contributed by atoms with Crippen molar-refractivity contribution in [1.29, 1.82) is 0 Å². The Morgan fingerprint density at radius 1 is 0.776 bits per heavy atom. The Morgan fingerprint density at radius 3 is 2.02 bits per heavy atom. The Balaban J connectivity index is 1.35. The molecule has 2 heterocycles. The number of allylic oxidation sites excluding steroid dienone is 2. The van der Waals surface area contributed by atoms with Gasteiger partial charge in [-0.1, -0.05) is 42.0 Å². The quantitative estimate of drug-likeness (QED) is 0.0886. The van der Waals surface area contributed by atoms with Crippen LogP contribution in [-0.2, 0) is 25.6 Å². The Labute approximate surface area is 284 Å². The molecule has 0 aromatic heterocycles. The minimum absolute atomic E-state index is 0.0212. The molecule has 2 aliphatic heterocycles. The number of anilines is 1. The molecule has 8 nitrogen and oxygen atoms in total. The number of para-hydroxylation sites is 1. The number of phenols is 2. The predicted molar refractivity (Wildman–Crippen MR) is 163 cm³/mol. The van der Waals surface area contributed by atoms with E-state index in [-0.39, 0.29) is 41.2 Å². The fourth-order valence-electron chi connectivity index (χ4n) is 7.83. The second-order valence-corrected chi connectivity index (χ2v) is 13.7.